The van der Waals surface area contributed by atoms with Gasteiger partial charge in [0.1, 0.15) is 11.4 Å². The SMILES string of the molecule is C/C=C1\N=C(/C)CCOC(=O)NCCC(C)Oc2ccc3c(c2)c1nn3C1CCCCO1. The molecule has 2 unspecified atom stereocenters. The van der Waals surface area contributed by atoms with Gasteiger partial charge in [0.05, 0.1) is 23.9 Å². The smallest absolute Gasteiger partial charge is 0.407 e. The minimum atomic E-state index is -0.418. The summed E-state index contributed by atoms with van der Waals surface area (Å²) in [6.07, 6.45) is 5.79. The van der Waals surface area contributed by atoms with E-state index in [1.54, 1.807) is 0 Å². The van der Waals surface area contributed by atoms with Gasteiger partial charge < -0.3 is 19.5 Å². The van der Waals surface area contributed by atoms with Crippen molar-refractivity contribution in [3.63, 3.8) is 0 Å². The molecule has 1 amide bonds. The molecule has 1 fully saturated rings. The van der Waals surface area contributed by atoms with Gasteiger partial charge in [0.25, 0.3) is 0 Å². The normalized spacial score (nSPS) is 26.3. The first-order valence-corrected chi connectivity index (χ1v) is 11.5. The van der Waals surface area contributed by atoms with Gasteiger partial charge in [0.2, 0.25) is 0 Å². The molecule has 8 nitrogen and oxygen atoms in total. The number of hydrogen-bond donors (Lipinski definition) is 1. The number of carbonyl (C=O) groups excluding carboxylic acids is 1. The number of ether oxygens (including phenoxy) is 3. The number of hydrogen-bond acceptors (Lipinski definition) is 6. The summed E-state index contributed by atoms with van der Waals surface area (Å²) in [5.41, 5.74) is 3.47. The van der Waals surface area contributed by atoms with E-state index in [0.29, 0.717) is 19.4 Å². The first kappa shape index (κ1) is 22.3. The van der Waals surface area contributed by atoms with E-state index >= 15 is 0 Å². The standard InChI is InChI=1S/C24H32N4O4/c1-4-20-23-19-15-18(8-9-21(19)28(27-23)22-7-5-6-13-30-22)32-17(3)10-12-25-24(29)31-14-11-16(2)26-20/h4,8-9,15,17,22H,5-7,10-14H2,1-3H3,(H,25,29)/b20-4-,26-16+. The molecule has 32 heavy (non-hydrogen) atoms. The zero-order valence-electron chi connectivity index (χ0n) is 19.1. The van der Waals surface area contributed by atoms with Crippen LogP contribution >= 0.6 is 0 Å². The number of alkyl carbamates (subject to hydrolysis) is 1. The number of aliphatic imine (C=N–C) groups is 1. The van der Waals surface area contributed by atoms with E-state index in [4.69, 9.17) is 24.3 Å². The number of benzene rings is 1. The fourth-order valence-corrected chi connectivity index (χ4v) is 4.05. The fourth-order valence-electron chi connectivity index (χ4n) is 4.05. The highest BCUT2D eigenvalue weighted by Gasteiger charge is 2.23. The molecule has 1 saturated heterocycles. The summed E-state index contributed by atoms with van der Waals surface area (Å²) < 4.78 is 19.4. The van der Waals surface area contributed by atoms with Gasteiger partial charge in [-0.1, -0.05) is 6.08 Å². The van der Waals surface area contributed by atoms with Gasteiger partial charge in [0, 0.05) is 37.1 Å². The molecule has 4 rings (SSSR count). The van der Waals surface area contributed by atoms with Crippen LogP contribution in [0.15, 0.2) is 29.3 Å². The second kappa shape index (κ2) is 10.2. The van der Waals surface area contributed by atoms with Crippen LogP contribution in [0.2, 0.25) is 0 Å². The number of aromatic nitrogens is 2. The number of nitrogens with zero attached hydrogens (tertiary/aromatic N) is 3. The Hall–Kier alpha value is -2.87. The van der Waals surface area contributed by atoms with Crippen LogP contribution in [-0.2, 0) is 9.47 Å². The summed E-state index contributed by atoms with van der Waals surface area (Å²) >= 11 is 0. The van der Waals surface area contributed by atoms with Gasteiger partial charge in [-0.2, -0.15) is 5.10 Å². The number of rotatable bonds is 1. The molecule has 1 N–H and O–H groups in total. The molecule has 0 radical (unpaired) electrons. The monoisotopic (exact) mass is 440 g/mol. The maximum absolute atomic E-state index is 11.9. The molecule has 2 aliphatic heterocycles. The van der Waals surface area contributed by atoms with Gasteiger partial charge >= 0.3 is 6.09 Å². The van der Waals surface area contributed by atoms with E-state index < -0.39 is 6.09 Å². The summed E-state index contributed by atoms with van der Waals surface area (Å²) in [5, 5.41) is 8.73. The van der Waals surface area contributed by atoms with Gasteiger partial charge in [-0.05, 0) is 58.2 Å². The van der Waals surface area contributed by atoms with E-state index in [2.05, 4.69) is 11.4 Å². The van der Waals surface area contributed by atoms with Gasteiger partial charge in [-0.3, -0.25) is 4.99 Å². The molecular formula is C24H32N4O4. The van der Waals surface area contributed by atoms with E-state index in [-0.39, 0.29) is 18.9 Å². The Bertz CT molecular complexity index is 1020. The third-order valence-electron chi connectivity index (χ3n) is 5.79. The van der Waals surface area contributed by atoms with Crippen molar-refractivity contribution >= 4 is 28.4 Å². The number of nitrogens with one attached hydrogen (secondary N) is 1. The Morgan fingerprint density at radius 1 is 1.22 bits per heavy atom. The predicted octanol–water partition coefficient (Wildman–Crippen LogP) is 4.84. The van der Waals surface area contributed by atoms with E-state index in [9.17, 15) is 4.79 Å². The second-order valence-corrected chi connectivity index (χ2v) is 8.34. The van der Waals surface area contributed by atoms with Crippen molar-refractivity contribution in [1.29, 1.82) is 0 Å². The highest BCUT2D eigenvalue weighted by molar-refractivity contribution is 5.95. The molecule has 1 aromatic heterocycles. The average molecular weight is 441 g/mol. The summed E-state index contributed by atoms with van der Waals surface area (Å²) in [5.74, 6) is 0.765. The molecule has 3 heterocycles. The number of fused-ring (bicyclic) bond motifs is 1. The van der Waals surface area contributed by atoms with Gasteiger partial charge in [-0.15, -0.1) is 0 Å². The lowest BCUT2D eigenvalue weighted by Crippen LogP contribution is -2.29. The first-order valence-electron chi connectivity index (χ1n) is 11.5. The average Bonchev–Trinajstić information content (AvgIpc) is 3.16. The van der Waals surface area contributed by atoms with E-state index in [1.165, 1.54) is 0 Å². The molecule has 0 saturated carbocycles. The quantitative estimate of drug-likeness (QED) is 0.685. The molecule has 8 heteroatoms. The van der Waals surface area contributed by atoms with Crippen LogP contribution in [0.1, 0.15) is 64.8 Å². The van der Waals surface area contributed by atoms with Crippen molar-refractivity contribution in [2.75, 3.05) is 19.8 Å². The van der Waals surface area contributed by atoms with Crippen molar-refractivity contribution in [3.8, 4) is 5.75 Å². The lowest BCUT2D eigenvalue weighted by Gasteiger charge is -2.23. The Morgan fingerprint density at radius 3 is 2.88 bits per heavy atom. The largest absolute Gasteiger partial charge is 0.491 e. The van der Waals surface area contributed by atoms with Crippen LogP contribution in [0.25, 0.3) is 16.6 Å². The first-order chi connectivity index (χ1) is 15.5. The number of allylic oxidation sites excluding steroid dienone is 1. The predicted molar refractivity (Wildman–Crippen MR) is 124 cm³/mol. The molecule has 2 aliphatic rings. The molecule has 2 bridgehead atoms. The van der Waals surface area contributed by atoms with Crippen LogP contribution in [0, 0.1) is 0 Å². The molecular weight excluding hydrogens is 408 g/mol. The van der Waals surface area contributed by atoms with Crippen molar-refractivity contribution in [2.45, 2.75) is 65.2 Å². The van der Waals surface area contributed by atoms with E-state index in [1.807, 2.05) is 43.7 Å². The van der Waals surface area contributed by atoms with Crippen LogP contribution in [0.5, 0.6) is 5.75 Å². The molecule has 2 atom stereocenters. The van der Waals surface area contributed by atoms with Crippen molar-refractivity contribution < 1.29 is 19.0 Å². The van der Waals surface area contributed by atoms with Gasteiger partial charge in [-0.25, -0.2) is 9.48 Å². The van der Waals surface area contributed by atoms with Crippen LogP contribution < -0.4 is 10.1 Å². The van der Waals surface area contributed by atoms with Crippen molar-refractivity contribution in [3.05, 3.63) is 30.0 Å². The lowest BCUT2D eigenvalue weighted by molar-refractivity contribution is -0.0367. The Kier molecular flexibility index (Phi) is 7.09. The van der Waals surface area contributed by atoms with Crippen LogP contribution in [-0.4, -0.2) is 47.4 Å². The van der Waals surface area contributed by atoms with Crippen molar-refractivity contribution in [2.24, 2.45) is 4.99 Å². The molecule has 0 aliphatic carbocycles. The van der Waals surface area contributed by atoms with Crippen LogP contribution in [0.4, 0.5) is 4.79 Å². The molecule has 2 aromatic rings. The zero-order valence-corrected chi connectivity index (χ0v) is 19.1. The number of carbonyl (C=O) groups is 1. The zero-order chi connectivity index (χ0) is 22.5. The maximum atomic E-state index is 11.9. The third-order valence-corrected chi connectivity index (χ3v) is 5.79. The highest BCUT2D eigenvalue weighted by atomic mass is 16.5. The van der Waals surface area contributed by atoms with Crippen LogP contribution in [0.3, 0.4) is 0 Å². The topological polar surface area (TPSA) is 87.0 Å². The van der Waals surface area contributed by atoms with E-state index in [0.717, 1.165) is 59.6 Å². The lowest BCUT2D eigenvalue weighted by atomic mass is 10.1. The summed E-state index contributed by atoms with van der Waals surface area (Å²) in [7, 11) is 0. The van der Waals surface area contributed by atoms with Gasteiger partial charge in [0.15, 0.2) is 6.23 Å². The summed E-state index contributed by atoms with van der Waals surface area (Å²) in [6, 6.07) is 6.06. The van der Waals surface area contributed by atoms with Crippen molar-refractivity contribution in [1.82, 2.24) is 15.1 Å². The third kappa shape index (κ3) is 5.12. The Balaban J connectivity index is 1.78. The molecule has 0 spiro atoms. The Labute approximate surface area is 188 Å². The number of cyclic esters (lactones) is 1. The summed E-state index contributed by atoms with van der Waals surface area (Å²) in [6.45, 7) is 7.40. The minimum absolute atomic E-state index is 0.0673. The highest BCUT2D eigenvalue weighted by Crippen LogP contribution is 2.34. The second-order valence-electron chi connectivity index (χ2n) is 8.34. The summed E-state index contributed by atoms with van der Waals surface area (Å²) in [4.78, 5) is 16.7. The fraction of sp³-hybridized carbons (Fsp3) is 0.542. The Morgan fingerprint density at radius 2 is 2.09 bits per heavy atom. The molecule has 172 valence electrons. The number of amides is 1. The maximum Gasteiger partial charge on any atom is 0.407 e. The minimum Gasteiger partial charge on any atom is -0.491 e. The molecule has 1 aromatic carbocycles.